The van der Waals surface area contributed by atoms with Gasteiger partial charge in [0.2, 0.25) is 0 Å². The van der Waals surface area contributed by atoms with Crippen molar-refractivity contribution in [3.8, 4) is 0 Å². The molecule has 2 rings (SSSR count). The fourth-order valence-electron chi connectivity index (χ4n) is 1.56. The second-order valence-electron chi connectivity index (χ2n) is 4.03. The van der Waals surface area contributed by atoms with E-state index in [0.29, 0.717) is 11.6 Å². The molecular formula is C13H10F2N4O2. The zero-order valence-corrected chi connectivity index (χ0v) is 10.5. The number of hydrogen-bond donors (Lipinski definition) is 3. The molecule has 0 aliphatic heterocycles. The van der Waals surface area contributed by atoms with Gasteiger partial charge in [0.15, 0.2) is 5.84 Å². The minimum Gasteiger partial charge on any atom is -0.409 e. The molecule has 0 spiro atoms. The predicted molar refractivity (Wildman–Crippen MR) is 71.1 cm³/mol. The number of hydrogen-bond acceptors (Lipinski definition) is 4. The van der Waals surface area contributed by atoms with E-state index in [-0.39, 0.29) is 17.2 Å². The maximum atomic E-state index is 13.0. The molecule has 1 aromatic carbocycles. The maximum absolute atomic E-state index is 13.0. The second kappa shape index (κ2) is 5.95. The normalized spacial score (nSPS) is 11.2. The molecule has 6 nitrogen and oxygen atoms in total. The van der Waals surface area contributed by atoms with Crippen molar-refractivity contribution in [3.05, 3.63) is 59.4 Å². The molecule has 0 aliphatic carbocycles. The number of aromatic nitrogens is 1. The van der Waals surface area contributed by atoms with Crippen molar-refractivity contribution < 1.29 is 18.8 Å². The van der Waals surface area contributed by atoms with E-state index in [9.17, 15) is 13.6 Å². The number of amidine groups is 1. The Hall–Kier alpha value is -3.03. The maximum Gasteiger partial charge on any atom is 0.274 e. The molecule has 8 heteroatoms. The van der Waals surface area contributed by atoms with Crippen LogP contribution in [-0.4, -0.2) is 21.9 Å². The number of nitrogens with one attached hydrogen (secondary N) is 1. The molecule has 0 saturated heterocycles. The van der Waals surface area contributed by atoms with E-state index < -0.39 is 17.5 Å². The van der Waals surface area contributed by atoms with Crippen molar-refractivity contribution in [1.29, 1.82) is 0 Å². The van der Waals surface area contributed by atoms with Crippen LogP contribution in [0.3, 0.4) is 0 Å². The quantitative estimate of drug-likeness (QED) is 0.347. The van der Waals surface area contributed by atoms with Gasteiger partial charge >= 0.3 is 0 Å². The van der Waals surface area contributed by atoms with Crippen LogP contribution in [0.25, 0.3) is 0 Å². The van der Waals surface area contributed by atoms with Gasteiger partial charge in [-0.1, -0.05) is 5.16 Å². The Labute approximate surface area is 117 Å². The van der Waals surface area contributed by atoms with Crippen LogP contribution in [0.4, 0.5) is 14.5 Å². The van der Waals surface area contributed by atoms with Crippen molar-refractivity contribution in [1.82, 2.24) is 4.98 Å². The SMILES string of the molecule is NC(=NO)c1ccc(C(=O)Nc2cc(F)cc(F)c2)nc1. The first-order chi connectivity index (χ1) is 9.99. The summed E-state index contributed by atoms with van der Waals surface area (Å²) in [4.78, 5) is 15.7. The molecule has 2 aromatic rings. The third kappa shape index (κ3) is 3.50. The molecule has 0 aliphatic rings. The summed E-state index contributed by atoms with van der Waals surface area (Å²) < 4.78 is 26.0. The van der Waals surface area contributed by atoms with Gasteiger partial charge in [-0.05, 0) is 24.3 Å². The fourth-order valence-corrected chi connectivity index (χ4v) is 1.56. The summed E-state index contributed by atoms with van der Waals surface area (Å²) in [7, 11) is 0. The van der Waals surface area contributed by atoms with Crippen molar-refractivity contribution in [2.45, 2.75) is 0 Å². The number of oxime groups is 1. The van der Waals surface area contributed by atoms with Crippen molar-refractivity contribution in [2.24, 2.45) is 10.9 Å². The Morgan fingerprint density at radius 1 is 1.24 bits per heavy atom. The van der Waals surface area contributed by atoms with Gasteiger partial charge in [-0.3, -0.25) is 9.78 Å². The van der Waals surface area contributed by atoms with E-state index in [2.05, 4.69) is 15.5 Å². The Bertz CT molecular complexity index is 682. The number of carbonyl (C=O) groups excluding carboxylic acids is 1. The van der Waals surface area contributed by atoms with Crippen molar-refractivity contribution in [2.75, 3.05) is 5.32 Å². The van der Waals surface area contributed by atoms with E-state index in [1.165, 1.54) is 18.3 Å². The highest BCUT2D eigenvalue weighted by Gasteiger charge is 2.10. The Kier molecular flexibility index (Phi) is 4.07. The largest absolute Gasteiger partial charge is 0.409 e. The topological polar surface area (TPSA) is 101 Å². The number of rotatable bonds is 3. The van der Waals surface area contributed by atoms with Gasteiger partial charge in [-0.25, -0.2) is 8.78 Å². The third-order valence-corrected chi connectivity index (χ3v) is 2.52. The van der Waals surface area contributed by atoms with Crippen LogP contribution in [0.15, 0.2) is 41.7 Å². The lowest BCUT2D eigenvalue weighted by Gasteiger charge is -2.05. The molecule has 21 heavy (non-hydrogen) atoms. The minimum atomic E-state index is -0.805. The summed E-state index contributed by atoms with van der Waals surface area (Å²) in [6.45, 7) is 0. The zero-order chi connectivity index (χ0) is 15.4. The first-order valence-corrected chi connectivity index (χ1v) is 5.71. The lowest BCUT2D eigenvalue weighted by atomic mass is 10.2. The number of halogens is 2. The summed E-state index contributed by atoms with van der Waals surface area (Å²) in [5.74, 6) is -2.41. The summed E-state index contributed by atoms with van der Waals surface area (Å²) in [5.41, 5.74) is 5.66. The van der Waals surface area contributed by atoms with Gasteiger partial charge in [0.05, 0.1) is 0 Å². The van der Waals surface area contributed by atoms with Crippen molar-refractivity contribution in [3.63, 3.8) is 0 Å². The number of anilines is 1. The van der Waals surface area contributed by atoms with E-state index in [4.69, 9.17) is 10.9 Å². The molecule has 1 aromatic heterocycles. The lowest BCUT2D eigenvalue weighted by molar-refractivity contribution is 0.102. The lowest BCUT2D eigenvalue weighted by Crippen LogP contribution is -2.16. The molecule has 0 radical (unpaired) electrons. The van der Waals surface area contributed by atoms with Gasteiger partial charge in [-0.2, -0.15) is 0 Å². The smallest absolute Gasteiger partial charge is 0.274 e. The monoisotopic (exact) mass is 292 g/mol. The molecular weight excluding hydrogens is 282 g/mol. The zero-order valence-electron chi connectivity index (χ0n) is 10.5. The second-order valence-corrected chi connectivity index (χ2v) is 4.03. The standard InChI is InChI=1S/C13H10F2N4O2/c14-8-3-9(15)5-10(4-8)18-13(20)11-2-1-7(6-17-11)12(16)19-21/h1-6,21H,(H2,16,19)(H,18,20). The molecule has 0 fully saturated rings. The average Bonchev–Trinajstić information content (AvgIpc) is 2.45. The average molecular weight is 292 g/mol. The molecule has 1 amide bonds. The number of nitrogens with zero attached hydrogens (tertiary/aromatic N) is 2. The molecule has 1 heterocycles. The van der Waals surface area contributed by atoms with Crippen molar-refractivity contribution >= 4 is 17.4 Å². The first kappa shape index (κ1) is 14.4. The first-order valence-electron chi connectivity index (χ1n) is 5.71. The summed E-state index contributed by atoms with van der Waals surface area (Å²) in [6.07, 6.45) is 1.23. The summed E-state index contributed by atoms with van der Waals surface area (Å²) >= 11 is 0. The Balaban J connectivity index is 2.16. The number of nitrogens with two attached hydrogens (primary N) is 1. The van der Waals surface area contributed by atoms with Crippen LogP contribution >= 0.6 is 0 Å². The van der Waals surface area contributed by atoms with Crippen LogP contribution in [0.5, 0.6) is 0 Å². The Morgan fingerprint density at radius 3 is 2.43 bits per heavy atom. The van der Waals surface area contributed by atoms with Crippen LogP contribution in [-0.2, 0) is 0 Å². The van der Waals surface area contributed by atoms with Crippen LogP contribution in [0.1, 0.15) is 16.1 Å². The predicted octanol–water partition coefficient (Wildman–Crippen LogP) is 1.71. The van der Waals surface area contributed by atoms with E-state index >= 15 is 0 Å². The highest BCUT2D eigenvalue weighted by Crippen LogP contribution is 2.13. The van der Waals surface area contributed by atoms with E-state index in [0.717, 1.165) is 12.1 Å². The molecule has 0 unspecified atom stereocenters. The van der Waals surface area contributed by atoms with Gasteiger partial charge in [-0.15, -0.1) is 0 Å². The molecule has 0 saturated carbocycles. The van der Waals surface area contributed by atoms with Gasteiger partial charge < -0.3 is 16.3 Å². The van der Waals surface area contributed by atoms with Crippen LogP contribution in [0, 0.1) is 11.6 Å². The molecule has 0 bridgehead atoms. The van der Waals surface area contributed by atoms with E-state index in [1.807, 2.05) is 0 Å². The van der Waals surface area contributed by atoms with Crippen LogP contribution < -0.4 is 11.1 Å². The van der Waals surface area contributed by atoms with Gasteiger partial charge in [0.1, 0.15) is 17.3 Å². The summed E-state index contributed by atoms with van der Waals surface area (Å²) in [5, 5.41) is 13.6. The number of benzene rings is 1. The third-order valence-electron chi connectivity index (χ3n) is 2.52. The number of amides is 1. The van der Waals surface area contributed by atoms with Crippen LogP contribution in [0.2, 0.25) is 0 Å². The highest BCUT2D eigenvalue weighted by molar-refractivity contribution is 6.03. The Morgan fingerprint density at radius 2 is 1.90 bits per heavy atom. The fraction of sp³-hybridized carbons (Fsp3) is 0. The molecule has 4 N–H and O–H groups in total. The number of carbonyl (C=O) groups is 1. The molecule has 0 atom stereocenters. The van der Waals surface area contributed by atoms with Gasteiger partial charge in [0.25, 0.3) is 5.91 Å². The van der Waals surface area contributed by atoms with E-state index in [1.54, 1.807) is 0 Å². The summed E-state index contributed by atoms with van der Waals surface area (Å²) in [6, 6.07) is 5.40. The molecule has 108 valence electrons. The van der Waals surface area contributed by atoms with Gasteiger partial charge in [0, 0.05) is 23.5 Å². The number of pyridine rings is 1. The minimum absolute atomic E-state index is 0.00848. The highest BCUT2D eigenvalue weighted by atomic mass is 19.1.